The molecule has 3 aromatic carbocycles. The lowest BCUT2D eigenvalue weighted by Gasteiger charge is -2.52. The van der Waals surface area contributed by atoms with Crippen molar-refractivity contribution in [3.8, 4) is 11.5 Å². The number of piperidine rings is 1. The van der Waals surface area contributed by atoms with Gasteiger partial charge in [0, 0.05) is 53.9 Å². The van der Waals surface area contributed by atoms with Crippen LogP contribution in [0.4, 0.5) is 24.5 Å². The number of nitrogens with zero attached hydrogens (tertiary/aromatic N) is 2. The molecule has 0 aromatic heterocycles. The Kier molecular flexibility index (Phi) is 6.34. The van der Waals surface area contributed by atoms with E-state index in [1.807, 2.05) is 18.2 Å². The van der Waals surface area contributed by atoms with Gasteiger partial charge >= 0.3 is 6.36 Å². The maximum atomic E-state index is 13.7. The molecule has 0 bridgehead atoms. The summed E-state index contributed by atoms with van der Waals surface area (Å²) < 4.78 is 42.8. The van der Waals surface area contributed by atoms with E-state index in [9.17, 15) is 23.1 Å². The first kappa shape index (κ1) is 24.5. The number of hydrogen-bond acceptors (Lipinski definition) is 5. The standard InChI is InChI=1S/C26H23BrF3N3O3/c27-18-5-10-21-22(15-18)31-25(11-13-32(14-12-25)16-17-3-1-2-4-23(17)34)33(24(21)35)19-6-8-20(9-7-19)36-26(28,29)30/h1-10,15,31,34H,11-14,16H2. The zero-order valence-electron chi connectivity index (χ0n) is 19.1. The molecule has 1 spiro atoms. The molecule has 10 heteroatoms. The zero-order chi connectivity index (χ0) is 25.5. The van der Waals surface area contributed by atoms with Crippen LogP contribution in [-0.4, -0.2) is 41.0 Å². The highest BCUT2D eigenvalue weighted by molar-refractivity contribution is 9.10. The molecule has 0 aliphatic carbocycles. The topological polar surface area (TPSA) is 65.0 Å². The molecule has 2 aliphatic heterocycles. The number of carbonyl (C=O) groups excluding carboxylic acids is 1. The average molecular weight is 562 g/mol. The van der Waals surface area contributed by atoms with Crippen LogP contribution in [0.15, 0.2) is 71.2 Å². The van der Waals surface area contributed by atoms with Crippen LogP contribution in [0.5, 0.6) is 11.5 Å². The number of phenols is 1. The van der Waals surface area contributed by atoms with Crippen LogP contribution in [0.1, 0.15) is 28.8 Å². The Morgan fingerprint density at radius 2 is 1.72 bits per heavy atom. The molecule has 5 rings (SSSR count). The Hall–Kier alpha value is -3.24. The summed E-state index contributed by atoms with van der Waals surface area (Å²) in [6.07, 6.45) is -3.66. The summed E-state index contributed by atoms with van der Waals surface area (Å²) in [6.45, 7) is 1.86. The number of fused-ring (bicyclic) bond motifs is 1. The maximum absolute atomic E-state index is 13.7. The van der Waals surface area contributed by atoms with E-state index in [2.05, 4.69) is 30.9 Å². The van der Waals surface area contributed by atoms with E-state index < -0.39 is 12.0 Å². The maximum Gasteiger partial charge on any atom is 0.573 e. The van der Waals surface area contributed by atoms with Gasteiger partial charge in [0.05, 0.1) is 5.56 Å². The number of benzene rings is 3. The monoisotopic (exact) mass is 561 g/mol. The summed E-state index contributed by atoms with van der Waals surface area (Å²) in [6, 6.07) is 17.9. The predicted molar refractivity (Wildman–Crippen MR) is 133 cm³/mol. The van der Waals surface area contributed by atoms with E-state index in [4.69, 9.17) is 0 Å². The fourth-order valence-electron chi connectivity index (χ4n) is 4.90. The number of halogens is 4. The Balaban J connectivity index is 1.45. The third-order valence-corrected chi connectivity index (χ3v) is 7.10. The molecular formula is C26H23BrF3N3O3. The molecule has 1 amide bonds. The molecule has 0 radical (unpaired) electrons. The SMILES string of the molecule is O=C1c2ccc(Br)cc2NC2(CCN(Cc3ccccc3O)CC2)N1c1ccc(OC(F)(F)F)cc1. The van der Waals surface area contributed by atoms with Gasteiger partial charge in [0.15, 0.2) is 0 Å². The number of carbonyl (C=O) groups is 1. The van der Waals surface area contributed by atoms with Crippen molar-refractivity contribution in [3.63, 3.8) is 0 Å². The van der Waals surface area contributed by atoms with E-state index >= 15 is 0 Å². The fraction of sp³-hybridized carbons (Fsp3) is 0.269. The normalized spacial score (nSPS) is 17.6. The van der Waals surface area contributed by atoms with Crippen molar-refractivity contribution in [2.24, 2.45) is 0 Å². The Bertz CT molecular complexity index is 1280. The van der Waals surface area contributed by atoms with Crippen LogP contribution in [0.3, 0.4) is 0 Å². The van der Waals surface area contributed by atoms with Gasteiger partial charge in [0.2, 0.25) is 0 Å². The Labute approximate surface area is 214 Å². The Morgan fingerprint density at radius 3 is 2.39 bits per heavy atom. The number of ether oxygens (including phenoxy) is 1. The van der Waals surface area contributed by atoms with Gasteiger partial charge in [-0.2, -0.15) is 0 Å². The third kappa shape index (κ3) is 4.87. The lowest BCUT2D eigenvalue weighted by molar-refractivity contribution is -0.274. The second-order valence-corrected chi connectivity index (χ2v) is 9.85. The number of amides is 1. The van der Waals surface area contributed by atoms with Crippen molar-refractivity contribution in [2.45, 2.75) is 31.4 Å². The predicted octanol–water partition coefficient (Wildman–Crippen LogP) is 6.12. The van der Waals surface area contributed by atoms with Crippen molar-refractivity contribution in [2.75, 3.05) is 23.3 Å². The minimum atomic E-state index is -4.79. The van der Waals surface area contributed by atoms with Crippen LogP contribution in [0, 0.1) is 0 Å². The molecule has 36 heavy (non-hydrogen) atoms. The molecule has 2 aliphatic rings. The van der Waals surface area contributed by atoms with Crippen molar-refractivity contribution < 1.29 is 27.8 Å². The summed E-state index contributed by atoms with van der Waals surface area (Å²) in [5.74, 6) is -0.334. The number of phenolic OH excluding ortho intramolecular Hbond substituents is 1. The molecule has 3 aromatic rings. The second-order valence-electron chi connectivity index (χ2n) is 8.93. The minimum Gasteiger partial charge on any atom is -0.508 e. The van der Waals surface area contributed by atoms with Crippen LogP contribution in [0.2, 0.25) is 0 Å². The van der Waals surface area contributed by atoms with Gasteiger partial charge in [-0.05, 0) is 48.5 Å². The van der Waals surface area contributed by atoms with Gasteiger partial charge in [-0.3, -0.25) is 14.6 Å². The highest BCUT2D eigenvalue weighted by atomic mass is 79.9. The first-order valence-corrected chi connectivity index (χ1v) is 12.2. The minimum absolute atomic E-state index is 0.227. The first-order chi connectivity index (χ1) is 17.1. The number of nitrogens with one attached hydrogen (secondary N) is 1. The van der Waals surface area contributed by atoms with Gasteiger partial charge in [-0.15, -0.1) is 13.2 Å². The number of anilines is 2. The summed E-state index contributed by atoms with van der Waals surface area (Å²) in [5, 5.41) is 13.7. The molecule has 0 saturated carbocycles. The molecular weight excluding hydrogens is 539 g/mol. The van der Waals surface area contributed by atoms with Crippen LogP contribution < -0.4 is 15.0 Å². The fourth-order valence-corrected chi connectivity index (χ4v) is 5.27. The second kappa shape index (κ2) is 9.33. The molecule has 1 saturated heterocycles. The zero-order valence-corrected chi connectivity index (χ0v) is 20.6. The number of aromatic hydroxyl groups is 1. The summed E-state index contributed by atoms with van der Waals surface area (Å²) in [5.41, 5.74) is 1.72. The van der Waals surface area contributed by atoms with Gasteiger partial charge in [-0.25, -0.2) is 0 Å². The highest BCUT2D eigenvalue weighted by Gasteiger charge is 2.47. The van der Waals surface area contributed by atoms with E-state index in [1.165, 1.54) is 24.3 Å². The molecule has 188 valence electrons. The van der Waals surface area contributed by atoms with Crippen molar-refractivity contribution in [3.05, 3.63) is 82.3 Å². The Morgan fingerprint density at radius 1 is 1.03 bits per heavy atom. The summed E-state index contributed by atoms with van der Waals surface area (Å²) in [7, 11) is 0. The molecule has 2 heterocycles. The molecule has 1 fully saturated rings. The highest BCUT2D eigenvalue weighted by Crippen LogP contribution is 2.42. The number of likely N-dealkylation sites (tertiary alicyclic amines) is 1. The first-order valence-electron chi connectivity index (χ1n) is 11.4. The largest absolute Gasteiger partial charge is 0.573 e. The van der Waals surface area contributed by atoms with E-state index in [-0.39, 0.29) is 17.4 Å². The van der Waals surface area contributed by atoms with Gasteiger partial charge in [0.25, 0.3) is 5.91 Å². The smallest absolute Gasteiger partial charge is 0.508 e. The molecule has 2 N–H and O–H groups in total. The van der Waals surface area contributed by atoms with Gasteiger partial charge in [0.1, 0.15) is 17.2 Å². The summed E-state index contributed by atoms with van der Waals surface area (Å²) >= 11 is 3.47. The van der Waals surface area contributed by atoms with E-state index in [0.29, 0.717) is 49.4 Å². The quantitative estimate of drug-likeness (QED) is 0.402. The number of rotatable bonds is 4. The average Bonchev–Trinajstić information content (AvgIpc) is 2.82. The summed E-state index contributed by atoms with van der Waals surface area (Å²) in [4.78, 5) is 17.6. The van der Waals surface area contributed by atoms with Crippen molar-refractivity contribution in [1.82, 2.24) is 4.90 Å². The molecule has 0 unspecified atom stereocenters. The van der Waals surface area contributed by atoms with Crippen LogP contribution in [-0.2, 0) is 6.54 Å². The van der Waals surface area contributed by atoms with Crippen molar-refractivity contribution >= 4 is 33.2 Å². The number of para-hydroxylation sites is 1. The van der Waals surface area contributed by atoms with Crippen molar-refractivity contribution in [1.29, 1.82) is 0 Å². The van der Waals surface area contributed by atoms with E-state index in [1.54, 1.807) is 29.2 Å². The lowest BCUT2D eigenvalue weighted by atomic mass is 9.89. The number of hydrogen-bond donors (Lipinski definition) is 2. The van der Waals surface area contributed by atoms with E-state index in [0.717, 1.165) is 10.0 Å². The molecule has 6 nitrogen and oxygen atoms in total. The lowest BCUT2D eigenvalue weighted by Crippen LogP contribution is -2.64. The van der Waals surface area contributed by atoms with Crippen LogP contribution in [0.25, 0.3) is 0 Å². The van der Waals surface area contributed by atoms with Crippen LogP contribution >= 0.6 is 15.9 Å². The third-order valence-electron chi connectivity index (χ3n) is 6.61. The van der Waals surface area contributed by atoms with Gasteiger partial charge < -0.3 is 15.2 Å². The molecule has 0 atom stereocenters. The number of alkyl halides is 3. The van der Waals surface area contributed by atoms with Gasteiger partial charge in [-0.1, -0.05) is 34.1 Å².